The molecule has 3 aromatic rings. The van der Waals surface area contributed by atoms with E-state index in [0.29, 0.717) is 24.3 Å². The van der Waals surface area contributed by atoms with Crippen LogP contribution in [-0.4, -0.2) is 86.9 Å². The number of sulfonamides is 1. The van der Waals surface area contributed by atoms with Crippen molar-refractivity contribution >= 4 is 51.1 Å². The molecule has 1 heterocycles. The molecule has 0 bridgehead atoms. The molecule has 0 saturated heterocycles. The van der Waals surface area contributed by atoms with Gasteiger partial charge in [-0.1, -0.05) is 59.6 Å². The number of aromatic nitrogens is 1. The second-order valence-electron chi connectivity index (χ2n) is 11.2. The van der Waals surface area contributed by atoms with Crippen LogP contribution >= 0.6 is 23.2 Å². The summed E-state index contributed by atoms with van der Waals surface area (Å²) in [5, 5.41) is 5.23. The Hall–Kier alpha value is -3.79. The average Bonchev–Trinajstić information content (AvgIpc) is 3.08. The molecule has 0 aliphatic heterocycles. The Morgan fingerprint density at radius 2 is 1.58 bits per heavy atom. The minimum absolute atomic E-state index is 0.0346. The number of ether oxygens (including phenoxy) is 3. The van der Waals surface area contributed by atoms with Gasteiger partial charge in [0.1, 0.15) is 23.6 Å². The molecule has 13 nitrogen and oxygen atoms in total. The molecule has 3 rings (SSSR count). The molecule has 272 valence electrons. The first-order valence-electron chi connectivity index (χ1n) is 16.0. The summed E-state index contributed by atoms with van der Waals surface area (Å²) in [6.07, 6.45) is 1.47. The Bertz CT molecular complexity index is 1650. The van der Waals surface area contributed by atoms with Gasteiger partial charge in [0.15, 0.2) is 6.29 Å². The smallest absolute Gasteiger partial charge is 0.408 e. The third-order valence-electron chi connectivity index (χ3n) is 7.22. The van der Waals surface area contributed by atoms with Crippen molar-refractivity contribution in [2.75, 3.05) is 26.3 Å². The molecule has 50 heavy (non-hydrogen) atoms. The van der Waals surface area contributed by atoms with Crippen molar-refractivity contribution in [3.05, 3.63) is 94.2 Å². The third kappa shape index (κ3) is 12.8. The summed E-state index contributed by atoms with van der Waals surface area (Å²) >= 11 is 12.1. The van der Waals surface area contributed by atoms with Crippen molar-refractivity contribution in [1.29, 1.82) is 0 Å². The fourth-order valence-electron chi connectivity index (χ4n) is 4.75. The Kier molecular flexibility index (Phi) is 16.4. The van der Waals surface area contributed by atoms with E-state index >= 15 is 0 Å². The van der Waals surface area contributed by atoms with Crippen LogP contribution in [0.3, 0.4) is 0 Å². The fourth-order valence-corrected chi connectivity index (χ4v) is 6.57. The lowest BCUT2D eigenvalue weighted by atomic mass is 10.0. The molecular formula is C34H43Cl2N5O8S. The highest BCUT2D eigenvalue weighted by molar-refractivity contribution is 7.89. The highest BCUT2D eigenvalue weighted by atomic mass is 35.5. The van der Waals surface area contributed by atoms with Crippen molar-refractivity contribution in [2.24, 2.45) is 0 Å². The van der Waals surface area contributed by atoms with E-state index in [-0.39, 0.29) is 40.6 Å². The van der Waals surface area contributed by atoms with E-state index in [0.717, 1.165) is 0 Å². The van der Waals surface area contributed by atoms with Gasteiger partial charge in [-0.3, -0.25) is 14.6 Å². The first-order valence-corrected chi connectivity index (χ1v) is 18.2. The minimum atomic E-state index is -4.29. The van der Waals surface area contributed by atoms with Crippen LogP contribution in [0.15, 0.2) is 78.0 Å². The second-order valence-corrected chi connectivity index (χ2v) is 13.8. The number of halogens is 2. The summed E-state index contributed by atoms with van der Waals surface area (Å²) in [7, 11) is -4.29. The molecule has 0 radical (unpaired) electrons. The van der Waals surface area contributed by atoms with Crippen molar-refractivity contribution in [3.8, 4) is 0 Å². The molecule has 2 aromatic carbocycles. The summed E-state index contributed by atoms with van der Waals surface area (Å²) in [6.45, 7) is 7.31. The van der Waals surface area contributed by atoms with Gasteiger partial charge in [0.2, 0.25) is 21.8 Å². The number of carbonyl (C=O) groups is 3. The molecule has 2 atom stereocenters. The van der Waals surface area contributed by atoms with Crippen LogP contribution in [0.25, 0.3) is 0 Å². The number of rotatable bonds is 19. The molecule has 0 fully saturated rings. The summed E-state index contributed by atoms with van der Waals surface area (Å²) in [5.41, 5.74) is 1.33. The van der Waals surface area contributed by atoms with Crippen LogP contribution in [0, 0.1) is 0 Å². The van der Waals surface area contributed by atoms with Crippen LogP contribution < -0.4 is 15.4 Å². The van der Waals surface area contributed by atoms with Crippen LogP contribution in [-0.2, 0) is 46.9 Å². The highest BCUT2D eigenvalue weighted by Crippen LogP contribution is 2.24. The fraction of sp³-hybridized carbons (Fsp3) is 0.412. The van der Waals surface area contributed by atoms with E-state index in [2.05, 4.69) is 20.3 Å². The predicted octanol–water partition coefficient (Wildman–Crippen LogP) is 4.33. The van der Waals surface area contributed by atoms with Crippen molar-refractivity contribution in [3.63, 3.8) is 0 Å². The van der Waals surface area contributed by atoms with E-state index in [4.69, 9.17) is 37.4 Å². The van der Waals surface area contributed by atoms with Crippen molar-refractivity contribution in [2.45, 2.75) is 70.0 Å². The molecule has 1 aromatic heterocycles. The van der Waals surface area contributed by atoms with Gasteiger partial charge in [-0.05, 0) is 63.1 Å². The Balaban J connectivity index is 1.90. The molecular weight excluding hydrogens is 709 g/mol. The number of carbonyl (C=O) groups excluding carboxylic acids is 3. The first kappa shape index (κ1) is 40.6. The monoisotopic (exact) mass is 751 g/mol. The Labute approximate surface area is 303 Å². The van der Waals surface area contributed by atoms with Crippen molar-refractivity contribution < 1.29 is 37.0 Å². The molecule has 16 heteroatoms. The van der Waals surface area contributed by atoms with Gasteiger partial charge >= 0.3 is 6.09 Å². The van der Waals surface area contributed by atoms with Crippen LogP contribution in [0.2, 0.25) is 10.0 Å². The van der Waals surface area contributed by atoms with Crippen LogP contribution in [0.5, 0.6) is 0 Å². The van der Waals surface area contributed by atoms with Gasteiger partial charge in [-0.15, -0.1) is 0 Å². The maximum Gasteiger partial charge on any atom is 0.408 e. The Morgan fingerprint density at radius 1 is 0.900 bits per heavy atom. The molecule has 0 spiro atoms. The van der Waals surface area contributed by atoms with E-state index in [9.17, 15) is 22.8 Å². The van der Waals surface area contributed by atoms with E-state index in [1.807, 2.05) is 27.7 Å². The number of hydrogen-bond acceptors (Lipinski definition) is 9. The number of amides is 3. The summed E-state index contributed by atoms with van der Waals surface area (Å²) in [6, 6.07) is 13.1. The highest BCUT2D eigenvalue weighted by Gasteiger charge is 2.33. The average molecular weight is 753 g/mol. The molecule has 3 amide bonds. The SMILES string of the molecule is CCOC(CN(C(=O)C(Cc1cccnc1)NC(=O)C(CNS(=O)(=O)c1ccc(Cl)cc1Cl)NC(=O)OCc1ccccc1)C(C)C)OCC. The standard InChI is InChI=1S/C34H43Cl2N5O8S/c1-5-47-31(48-6-2)21-41(23(3)4)33(43)28(17-25-13-10-16-37-19-25)39-32(42)29(40-34(44)49-22-24-11-8-7-9-12-24)20-38-50(45,46)30-15-14-26(35)18-27(30)36/h7-16,18-19,23,28-29,31,38H,5-6,17,20-22H2,1-4H3,(H,39,42)(H,40,44). The maximum absolute atomic E-state index is 14.2. The number of benzene rings is 2. The summed E-state index contributed by atoms with van der Waals surface area (Å²) in [5.74, 6) is -1.32. The lowest BCUT2D eigenvalue weighted by molar-refractivity contribution is -0.163. The van der Waals surface area contributed by atoms with Gasteiger partial charge in [0, 0.05) is 49.6 Å². The van der Waals surface area contributed by atoms with E-state index < -0.39 is 52.8 Å². The number of pyridine rings is 1. The van der Waals surface area contributed by atoms with Crippen molar-refractivity contribution in [1.82, 2.24) is 25.2 Å². The number of alkyl carbamates (subject to hydrolysis) is 1. The topological polar surface area (TPSA) is 165 Å². The molecule has 0 saturated carbocycles. The normalized spacial score (nSPS) is 12.7. The van der Waals surface area contributed by atoms with Crippen LogP contribution in [0.4, 0.5) is 4.79 Å². The zero-order valence-corrected chi connectivity index (χ0v) is 30.6. The quantitative estimate of drug-likeness (QED) is 0.151. The minimum Gasteiger partial charge on any atom is -0.445 e. The van der Waals surface area contributed by atoms with E-state index in [1.165, 1.54) is 23.1 Å². The zero-order valence-electron chi connectivity index (χ0n) is 28.3. The number of hydrogen-bond donors (Lipinski definition) is 3. The first-order chi connectivity index (χ1) is 23.8. The van der Waals surface area contributed by atoms with Gasteiger partial charge in [0.25, 0.3) is 0 Å². The zero-order chi connectivity index (χ0) is 36.7. The van der Waals surface area contributed by atoms with Crippen LogP contribution in [0.1, 0.15) is 38.8 Å². The number of nitrogens with one attached hydrogen (secondary N) is 3. The third-order valence-corrected chi connectivity index (χ3v) is 9.36. The summed E-state index contributed by atoms with van der Waals surface area (Å²) in [4.78, 5) is 46.4. The molecule has 3 N–H and O–H groups in total. The van der Waals surface area contributed by atoms with Gasteiger partial charge in [-0.2, -0.15) is 0 Å². The maximum atomic E-state index is 14.2. The predicted molar refractivity (Wildman–Crippen MR) is 189 cm³/mol. The molecule has 0 aliphatic carbocycles. The van der Waals surface area contributed by atoms with Gasteiger partial charge in [-0.25, -0.2) is 17.9 Å². The molecule has 0 aliphatic rings. The lowest BCUT2D eigenvalue weighted by Gasteiger charge is -2.34. The Morgan fingerprint density at radius 3 is 2.18 bits per heavy atom. The van der Waals surface area contributed by atoms with Gasteiger partial charge < -0.3 is 29.7 Å². The number of nitrogens with zero attached hydrogens (tertiary/aromatic N) is 2. The summed E-state index contributed by atoms with van der Waals surface area (Å²) < 4.78 is 45.5. The lowest BCUT2D eigenvalue weighted by Crippen LogP contribution is -2.59. The second kappa shape index (κ2) is 20.2. The van der Waals surface area contributed by atoms with Gasteiger partial charge in [0.05, 0.1) is 11.6 Å². The van der Waals surface area contributed by atoms with E-state index in [1.54, 1.807) is 54.9 Å². The largest absolute Gasteiger partial charge is 0.445 e. The molecule has 2 unspecified atom stereocenters.